The average molecular weight is 402 g/mol. The molecule has 152 valence electrons. The highest BCUT2D eigenvalue weighted by Gasteiger charge is 2.50. The van der Waals surface area contributed by atoms with E-state index in [1.165, 1.54) is 30.4 Å². The van der Waals surface area contributed by atoms with E-state index in [1.54, 1.807) is 4.90 Å². The highest BCUT2D eigenvalue weighted by molar-refractivity contribution is 5.63. The Labute approximate surface area is 175 Å². The first-order valence-electron chi connectivity index (χ1n) is 10.5. The van der Waals surface area contributed by atoms with Gasteiger partial charge < -0.3 is 26.8 Å². The van der Waals surface area contributed by atoms with Crippen LogP contribution in [0.25, 0.3) is 11.1 Å². The molecule has 2 aromatic carbocycles. The summed E-state index contributed by atoms with van der Waals surface area (Å²) in [5, 5.41) is 0. The van der Waals surface area contributed by atoms with E-state index in [0.717, 1.165) is 31.6 Å². The number of halogens is 1. The van der Waals surface area contributed by atoms with Gasteiger partial charge in [-0.25, -0.2) is 0 Å². The zero-order valence-corrected chi connectivity index (χ0v) is 17.8. The molecule has 0 radical (unpaired) electrons. The van der Waals surface area contributed by atoms with E-state index in [2.05, 4.69) is 68.6 Å². The fourth-order valence-corrected chi connectivity index (χ4v) is 4.74. The molecule has 0 aromatic heterocycles. The number of nitrogens with one attached hydrogen (secondary N) is 1. The number of hydrogen-bond acceptors (Lipinski definition) is 2. The van der Waals surface area contributed by atoms with Crippen LogP contribution in [-0.4, -0.2) is 32.3 Å². The Bertz CT molecular complexity index is 736. The molecule has 1 saturated heterocycles. The van der Waals surface area contributed by atoms with Gasteiger partial charge in [-0.05, 0) is 30.4 Å². The smallest absolute Gasteiger partial charge is 0.246 e. The minimum atomic E-state index is -0.617. The number of quaternary nitrogens is 1. The van der Waals surface area contributed by atoms with Gasteiger partial charge in [-0.2, -0.15) is 0 Å². The molecule has 3 nitrogen and oxygen atoms in total. The molecule has 2 fully saturated rings. The third-order valence-corrected chi connectivity index (χ3v) is 6.16. The number of rotatable bonds is 5. The van der Waals surface area contributed by atoms with Crippen molar-refractivity contribution in [3.63, 3.8) is 0 Å². The summed E-state index contributed by atoms with van der Waals surface area (Å²) in [5.41, 5.74) is 3.63. The summed E-state index contributed by atoms with van der Waals surface area (Å²) in [7, 11) is 2.31. The van der Waals surface area contributed by atoms with E-state index in [4.69, 9.17) is 9.47 Å². The van der Waals surface area contributed by atoms with Gasteiger partial charge in [0.2, 0.25) is 5.79 Å². The number of benzene rings is 2. The van der Waals surface area contributed by atoms with Crippen LogP contribution in [0.4, 0.5) is 0 Å². The minimum Gasteiger partial charge on any atom is -1.00 e. The van der Waals surface area contributed by atoms with Crippen molar-refractivity contribution in [2.75, 3.05) is 20.2 Å². The van der Waals surface area contributed by atoms with Gasteiger partial charge in [0.15, 0.2) is 0 Å². The lowest BCUT2D eigenvalue weighted by Gasteiger charge is -2.48. The van der Waals surface area contributed by atoms with Crippen molar-refractivity contribution >= 4 is 0 Å². The van der Waals surface area contributed by atoms with Crippen molar-refractivity contribution in [2.24, 2.45) is 0 Å². The molecule has 1 N–H and O–H groups in total. The van der Waals surface area contributed by atoms with Crippen LogP contribution in [0.5, 0.6) is 0 Å². The number of morpholine rings is 1. The van der Waals surface area contributed by atoms with Crippen LogP contribution >= 0.6 is 0 Å². The zero-order valence-electron chi connectivity index (χ0n) is 17.0. The normalized spacial score (nSPS) is 29.6. The Morgan fingerprint density at radius 1 is 1.00 bits per heavy atom. The molecule has 4 atom stereocenters. The van der Waals surface area contributed by atoms with Crippen molar-refractivity contribution in [3.05, 3.63) is 60.2 Å². The summed E-state index contributed by atoms with van der Waals surface area (Å²) in [6.45, 7) is 3.76. The first kappa shape index (κ1) is 21.3. The molecule has 4 rings (SSSR count). The Morgan fingerprint density at radius 3 is 2.39 bits per heavy atom. The first-order valence-corrected chi connectivity index (χ1v) is 10.5. The van der Waals surface area contributed by atoms with Gasteiger partial charge in [0.05, 0.1) is 13.7 Å². The highest BCUT2D eigenvalue weighted by atomic mass is 35.5. The van der Waals surface area contributed by atoms with Crippen molar-refractivity contribution in [1.82, 2.24) is 0 Å². The third kappa shape index (κ3) is 4.28. The minimum absolute atomic E-state index is 0. The van der Waals surface area contributed by atoms with Crippen LogP contribution < -0.4 is 17.3 Å². The van der Waals surface area contributed by atoms with Crippen LogP contribution in [0.2, 0.25) is 0 Å². The van der Waals surface area contributed by atoms with Crippen LogP contribution in [0.1, 0.15) is 44.6 Å². The molecule has 1 saturated carbocycles. The predicted molar refractivity (Wildman–Crippen MR) is 109 cm³/mol. The molecule has 0 bridgehead atoms. The number of likely N-dealkylation sites (N-methyl/N-ethyl adjacent to an activating group) is 1. The maximum absolute atomic E-state index is 6.74. The average Bonchev–Trinajstić information content (AvgIpc) is 2.73. The molecule has 0 spiro atoms. The molecular weight excluding hydrogens is 370 g/mol. The fourth-order valence-electron chi connectivity index (χ4n) is 4.74. The molecule has 1 aliphatic heterocycles. The van der Waals surface area contributed by atoms with Crippen molar-refractivity contribution < 1.29 is 26.8 Å². The lowest BCUT2D eigenvalue weighted by Crippen LogP contribution is -3.17. The predicted octanol–water partition coefficient (Wildman–Crippen LogP) is 0.793. The standard InChI is InChI=1S/C24H31NO2.ClH/c1-3-17-26-24(18-25(2)22-11-7-8-12-23(22)27-24)21-15-13-20(14-16-21)19-9-5-4-6-10-19;/h4-6,9-10,13-16,22-23H,3,7-8,11-12,17-18H2,1-2H3;1H. The molecule has 1 heterocycles. The second-order valence-corrected chi connectivity index (χ2v) is 8.12. The quantitative estimate of drug-likeness (QED) is 0.800. The van der Waals surface area contributed by atoms with Gasteiger partial charge in [-0.15, -0.1) is 0 Å². The second-order valence-electron chi connectivity index (χ2n) is 8.12. The summed E-state index contributed by atoms with van der Waals surface area (Å²) >= 11 is 0. The largest absolute Gasteiger partial charge is 1.00 e. The molecule has 1 aliphatic carbocycles. The van der Waals surface area contributed by atoms with Crippen molar-refractivity contribution in [3.8, 4) is 11.1 Å². The maximum atomic E-state index is 6.74. The molecular formula is C24H32ClNO2. The second kappa shape index (κ2) is 9.41. The van der Waals surface area contributed by atoms with Crippen LogP contribution in [-0.2, 0) is 15.3 Å². The Balaban J connectivity index is 0.00000225. The van der Waals surface area contributed by atoms with Gasteiger partial charge >= 0.3 is 0 Å². The number of fused-ring (bicyclic) bond motifs is 1. The van der Waals surface area contributed by atoms with E-state index in [9.17, 15) is 0 Å². The monoisotopic (exact) mass is 401 g/mol. The first-order chi connectivity index (χ1) is 13.2. The van der Waals surface area contributed by atoms with Crippen LogP contribution in [0.15, 0.2) is 54.6 Å². The molecule has 2 aromatic rings. The molecule has 4 unspecified atom stereocenters. The molecule has 28 heavy (non-hydrogen) atoms. The van der Waals surface area contributed by atoms with Crippen molar-refractivity contribution in [1.29, 1.82) is 0 Å². The summed E-state index contributed by atoms with van der Waals surface area (Å²) in [4.78, 5) is 1.55. The lowest BCUT2D eigenvalue weighted by atomic mass is 9.88. The van der Waals surface area contributed by atoms with Crippen LogP contribution in [0.3, 0.4) is 0 Å². The van der Waals surface area contributed by atoms with E-state index < -0.39 is 5.79 Å². The summed E-state index contributed by atoms with van der Waals surface area (Å²) in [6.07, 6.45) is 6.33. The SMILES string of the molecule is CCCOC1(c2ccc(-c3ccccc3)cc2)C[NH+](C)C2CCCCC2O1.[Cl-]. The summed E-state index contributed by atoms with van der Waals surface area (Å²) in [6, 6.07) is 20.0. The van der Waals surface area contributed by atoms with Gasteiger partial charge in [0.1, 0.15) is 18.7 Å². The van der Waals surface area contributed by atoms with E-state index in [-0.39, 0.29) is 12.4 Å². The van der Waals surface area contributed by atoms with Gasteiger partial charge in [0.25, 0.3) is 0 Å². The number of hydrogen-bond donors (Lipinski definition) is 1. The van der Waals surface area contributed by atoms with Gasteiger partial charge in [-0.1, -0.05) is 67.9 Å². The molecule has 0 amide bonds. The summed E-state index contributed by atoms with van der Waals surface area (Å²) in [5.74, 6) is -0.617. The van der Waals surface area contributed by atoms with Gasteiger partial charge in [0, 0.05) is 12.0 Å². The Morgan fingerprint density at radius 2 is 1.68 bits per heavy atom. The molecule has 2 aliphatic rings. The lowest BCUT2D eigenvalue weighted by molar-refractivity contribution is -0.935. The third-order valence-electron chi connectivity index (χ3n) is 6.16. The van der Waals surface area contributed by atoms with E-state index in [0.29, 0.717) is 12.1 Å². The topological polar surface area (TPSA) is 22.9 Å². The Hall–Kier alpha value is -1.39. The van der Waals surface area contributed by atoms with Crippen LogP contribution in [0, 0.1) is 0 Å². The fraction of sp³-hybridized carbons (Fsp3) is 0.500. The summed E-state index contributed by atoms with van der Waals surface area (Å²) < 4.78 is 13.2. The van der Waals surface area contributed by atoms with Crippen molar-refractivity contribution in [2.45, 2.75) is 57.0 Å². The highest BCUT2D eigenvalue weighted by Crippen LogP contribution is 2.36. The van der Waals surface area contributed by atoms with Gasteiger partial charge in [-0.3, -0.25) is 0 Å². The maximum Gasteiger partial charge on any atom is 0.246 e. The van der Waals surface area contributed by atoms with E-state index >= 15 is 0 Å². The zero-order chi connectivity index (χ0) is 18.7. The molecule has 4 heteroatoms. The van der Waals surface area contributed by atoms with E-state index in [1.807, 2.05) is 0 Å². The Kier molecular flexibility index (Phi) is 7.16. The number of ether oxygens (including phenoxy) is 2.